The molecule has 1 heterocycles. The first-order valence-electron chi connectivity index (χ1n) is 10.6. The number of hydrogen-bond acceptors (Lipinski definition) is 6. The second-order valence-corrected chi connectivity index (χ2v) is 7.82. The number of halogens is 3. The molecular weight excluding hydrogens is 475 g/mol. The van der Waals surface area contributed by atoms with Crippen LogP contribution in [0.1, 0.15) is 11.1 Å². The average Bonchev–Trinajstić information content (AvgIpc) is 2.84. The minimum absolute atomic E-state index is 0.318. The fraction of sp³-hybridized carbons (Fsp3) is 0.120. The number of benzene rings is 3. The minimum Gasteiger partial charge on any atom is -0.276 e. The third-order valence-electron chi connectivity index (χ3n) is 5.17. The van der Waals surface area contributed by atoms with Gasteiger partial charge < -0.3 is 0 Å². The van der Waals surface area contributed by atoms with E-state index in [-0.39, 0.29) is 5.69 Å². The van der Waals surface area contributed by atoms with Gasteiger partial charge in [0.1, 0.15) is 0 Å². The van der Waals surface area contributed by atoms with Crippen molar-refractivity contribution in [3.8, 4) is 0 Å². The molecule has 3 aromatic carbocycles. The van der Waals surface area contributed by atoms with Crippen molar-refractivity contribution in [2.45, 2.75) is 13.1 Å². The lowest BCUT2D eigenvalue weighted by molar-refractivity contribution is -0.138. The number of nitrogens with one attached hydrogen (secondary N) is 1. The number of aryl methyl sites for hydroxylation is 1. The fourth-order valence-electron chi connectivity index (χ4n) is 3.28. The zero-order valence-corrected chi connectivity index (χ0v) is 18.7. The van der Waals surface area contributed by atoms with E-state index >= 15 is 0 Å². The molecule has 0 aliphatic carbocycles. The molecule has 0 spiro atoms. The molecule has 1 N–H and O–H groups in total. The van der Waals surface area contributed by atoms with Gasteiger partial charge in [-0.3, -0.25) is 19.9 Å². The maximum absolute atomic E-state index is 13.1. The molecule has 8 nitrogen and oxygen atoms in total. The van der Waals surface area contributed by atoms with E-state index in [1.807, 2.05) is 36.5 Å². The Hall–Kier alpha value is -4.67. The van der Waals surface area contributed by atoms with Crippen molar-refractivity contribution in [1.82, 2.24) is 5.32 Å². The molecule has 0 saturated carbocycles. The van der Waals surface area contributed by atoms with Gasteiger partial charge in [-0.2, -0.15) is 23.4 Å². The Labute approximate surface area is 203 Å². The van der Waals surface area contributed by atoms with Crippen molar-refractivity contribution in [3.05, 3.63) is 83.9 Å². The smallest absolute Gasteiger partial charge is 0.276 e. The van der Waals surface area contributed by atoms with Crippen molar-refractivity contribution in [2.75, 3.05) is 4.90 Å². The number of hydrogen-bond donors (Lipinski definition) is 1. The van der Waals surface area contributed by atoms with Crippen molar-refractivity contribution >= 4 is 46.8 Å². The van der Waals surface area contributed by atoms with Crippen LogP contribution in [0, 0.1) is 12.8 Å². The maximum atomic E-state index is 13.1. The minimum atomic E-state index is -4.67. The number of carbonyl (C=O) groups excluding carboxylic acids is 3. The predicted molar refractivity (Wildman–Crippen MR) is 126 cm³/mol. The summed E-state index contributed by atoms with van der Waals surface area (Å²) < 4.78 is 39.2. The van der Waals surface area contributed by atoms with Crippen molar-refractivity contribution < 1.29 is 27.6 Å². The first-order chi connectivity index (χ1) is 17.1. The molecule has 3 aromatic rings. The lowest BCUT2D eigenvalue weighted by Gasteiger charge is -2.28. The van der Waals surface area contributed by atoms with E-state index in [9.17, 15) is 27.6 Å². The summed E-state index contributed by atoms with van der Waals surface area (Å²) in [5.41, 5.74) is 1.35. The average molecular weight is 493 g/mol. The van der Waals surface area contributed by atoms with Crippen LogP contribution in [0.5, 0.6) is 0 Å². The van der Waals surface area contributed by atoms with Crippen molar-refractivity contribution in [2.24, 2.45) is 21.1 Å². The molecule has 1 aliphatic rings. The van der Waals surface area contributed by atoms with E-state index in [1.54, 1.807) is 24.3 Å². The number of imide groups is 2. The molecule has 0 radical (unpaired) electrons. The number of anilines is 1. The number of alkyl halides is 3. The van der Waals surface area contributed by atoms with Crippen LogP contribution in [0.25, 0.3) is 0 Å². The summed E-state index contributed by atoms with van der Waals surface area (Å²) in [6.45, 7) is 1.96. The molecule has 182 valence electrons. The standard InChI is InChI=1S/C25H18F3N5O3/c1-15-5-7-18(8-6-15)31-32-19-11-9-17(10-12-19)29-14-21-22(34)30-24(36)33(23(21)35)20-4-2-3-16(13-20)25(26,27)28/h2-14,21H,1H3,(H,30,34,36)/t21-/m1/s1. The second kappa shape index (κ2) is 9.90. The molecule has 4 amide bonds. The van der Waals surface area contributed by atoms with Crippen LogP contribution >= 0.6 is 0 Å². The summed E-state index contributed by atoms with van der Waals surface area (Å²) in [5.74, 6) is -3.46. The van der Waals surface area contributed by atoms with Crippen LogP contribution < -0.4 is 10.2 Å². The van der Waals surface area contributed by atoms with Gasteiger partial charge >= 0.3 is 12.2 Å². The van der Waals surface area contributed by atoms with Gasteiger partial charge in [0.25, 0.3) is 5.91 Å². The Morgan fingerprint density at radius 2 is 1.44 bits per heavy atom. The number of urea groups is 1. The van der Waals surface area contributed by atoms with Gasteiger partial charge in [-0.05, 0) is 61.5 Å². The Morgan fingerprint density at radius 3 is 2.06 bits per heavy atom. The summed E-state index contributed by atoms with van der Waals surface area (Å²) in [6, 6.07) is 16.5. The largest absolute Gasteiger partial charge is 0.416 e. The van der Waals surface area contributed by atoms with E-state index in [1.165, 1.54) is 6.07 Å². The van der Waals surface area contributed by atoms with Crippen LogP contribution in [-0.4, -0.2) is 24.1 Å². The number of nitrogens with zero attached hydrogens (tertiary/aromatic N) is 4. The molecule has 0 unspecified atom stereocenters. The predicted octanol–water partition coefficient (Wildman–Crippen LogP) is 6.03. The van der Waals surface area contributed by atoms with Crippen LogP contribution in [0.2, 0.25) is 0 Å². The molecule has 36 heavy (non-hydrogen) atoms. The molecule has 0 bridgehead atoms. The molecular formula is C25H18F3N5O3. The van der Waals surface area contributed by atoms with E-state index < -0.39 is 35.5 Å². The van der Waals surface area contributed by atoms with Crippen LogP contribution in [0.4, 0.5) is 40.7 Å². The second-order valence-electron chi connectivity index (χ2n) is 7.82. The van der Waals surface area contributed by atoms with Gasteiger partial charge in [-0.15, -0.1) is 0 Å². The third kappa shape index (κ3) is 5.52. The number of amides is 4. The van der Waals surface area contributed by atoms with Gasteiger partial charge in [-0.1, -0.05) is 23.8 Å². The molecule has 11 heteroatoms. The first kappa shape index (κ1) is 24.5. The summed E-state index contributed by atoms with van der Waals surface area (Å²) >= 11 is 0. The van der Waals surface area contributed by atoms with Crippen LogP contribution in [0.3, 0.4) is 0 Å². The van der Waals surface area contributed by atoms with Gasteiger partial charge in [0.15, 0.2) is 5.92 Å². The molecule has 1 saturated heterocycles. The highest BCUT2D eigenvalue weighted by molar-refractivity contribution is 6.32. The Kier molecular flexibility index (Phi) is 6.73. The number of rotatable bonds is 5. The molecule has 4 rings (SSSR count). The number of barbiturate groups is 1. The highest BCUT2D eigenvalue weighted by Crippen LogP contribution is 2.32. The molecule has 1 atom stereocenters. The van der Waals surface area contributed by atoms with Gasteiger partial charge in [-0.25, -0.2) is 9.69 Å². The number of aliphatic imine (C=N–C) groups is 1. The maximum Gasteiger partial charge on any atom is 0.416 e. The van der Waals surface area contributed by atoms with Gasteiger partial charge in [0.05, 0.1) is 28.3 Å². The number of azo groups is 1. The zero-order valence-electron chi connectivity index (χ0n) is 18.7. The quantitative estimate of drug-likeness (QED) is 0.267. The van der Waals surface area contributed by atoms with Crippen molar-refractivity contribution in [3.63, 3.8) is 0 Å². The first-order valence-corrected chi connectivity index (χ1v) is 10.6. The third-order valence-corrected chi connectivity index (χ3v) is 5.17. The van der Waals surface area contributed by atoms with Gasteiger partial charge in [0.2, 0.25) is 5.91 Å². The van der Waals surface area contributed by atoms with Gasteiger partial charge in [0, 0.05) is 6.21 Å². The lowest BCUT2D eigenvalue weighted by Crippen LogP contribution is -2.58. The molecule has 0 aromatic heterocycles. The van der Waals surface area contributed by atoms with Crippen molar-refractivity contribution in [1.29, 1.82) is 0 Å². The van der Waals surface area contributed by atoms with Crippen LogP contribution in [-0.2, 0) is 15.8 Å². The lowest BCUT2D eigenvalue weighted by atomic mass is 10.1. The summed E-state index contributed by atoms with van der Waals surface area (Å²) in [5, 5.41) is 10.2. The monoisotopic (exact) mass is 493 g/mol. The van der Waals surface area contributed by atoms with Crippen LogP contribution in [0.15, 0.2) is 88.0 Å². The normalized spacial score (nSPS) is 16.7. The van der Waals surface area contributed by atoms with E-state index in [2.05, 4.69) is 15.2 Å². The highest BCUT2D eigenvalue weighted by Gasteiger charge is 2.41. The van der Waals surface area contributed by atoms with E-state index in [0.29, 0.717) is 28.0 Å². The Morgan fingerprint density at radius 1 is 0.861 bits per heavy atom. The highest BCUT2D eigenvalue weighted by atomic mass is 19.4. The number of carbonyl (C=O) groups is 3. The summed E-state index contributed by atoms with van der Waals surface area (Å²) in [6.07, 6.45) is -3.64. The van der Waals surface area contributed by atoms with E-state index in [4.69, 9.17) is 0 Å². The Bertz CT molecular complexity index is 1370. The molecule has 1 aliphatic heterocycles. The van der Waals surface area contributed by atoms with E-state index in [0.717, 1.165) is 23.9 Å². The summed E-state index contributed by atoms with van der Waals surface area (Å²) in [4.78, 5) is 42.0. The topological polar surface area (TPSA) is 104 Å². The Balaban J connectivity index is 1.50. The zero-order chi connectivity index (χ0) is 25.9. The summed E-state index contributed by atoms with van der Waals surface area (Å²) in [7, 11) is 0. The fourth-order valence-corrected chi connectivity index (χ4v) is 3.28. The molecule has 1 fully saturated rings. The SMILES string of the molecule is Cc1ccc(N=Nc2ccc(N=C[C@@H]3C(=O)NC(=O)N(c4cccc(C(F)(F)F)c4)C3=O)cc2)cc1.